The van der Waals surface area contributed by atoms with Crippen molar-refractivity contribution in [1.29, 1.82) is 0 Å². The molecule has 0 unspecified atom stereocenters. The first-order chi connectivity index (χ1) is 11.8. The van der Waals surface area contributed by atoms with Crippen LogP contribution in [0.2, 0.25) is 0 Å². The maximum Gasteiger partial charge on any atom is 0.257 e. The Morgan fingerprint density at radius 2 is 2.12 bits per heavy atom. The van der Waals surface area contributed by atoms with E-state index in [1.165, 1.54) is 18.4 Å². The van der Waals surface area contributed by atoms with E-state index in [1.807, 2.05) is 41.2 Å². The van der Waals surface area contributed by atoms with E-state index in [9.17, 15) is 0 Å². The molecule has 2 aromatic heterocycles. The van der Waals surface area contributed by atoms with Crippen LogP contribution in [0.15, 0.2) is 47.2 Å². The van der Waals surface area contributed by atoms with Crippen LogP contribution in [0.5, 0.6) is 0 Å². The molecule has 24 heavy (non-hydrogen) atoms. The molecule has 4 rings (SSSR count). The fraction of sp³-hybridized carbons (Fsp3) is 0.389. The van der Waals surface area contributed by atoms with Crippen LogP contribution in [-0.2, 0) is 13.1 Å². The lowest BCUT2D eigenvalue weighted by atomic mass is 10.2. The van der Waals surface area contributed by atoms with Crippen LogP contribution in [0.1, 0.15) is 24.2 Å². The van der Waals surface area contributed by atoms with Gasteiger partial charge in [-0.2, -0.15) is 10.1 Å². The van der Waals surface area contributed by atoms with Crippen LogP contribution < -0.4 is 0 Å². The maximum atomic E-state index is 5.41. The lowest BCUT2D eigenvalue weighted by molar-refractivity contribution is 0.211. The molecular formula is C18H21N5O. The van der Waals surface area contributed by atoms with Gasteiger partial charge in [-0.15, -0.1) is 0 Å². The summed E-state index contributed by atoms with van der Waals surface area (Å²) in [6.07, 6.45) is 6.39. The monoisotopic (exact) mass is 323 g/mol. The second kappa shape index (κ2) is 6.57. The minimum atomic E-state index is 0.475. The number of aromatic nitrogens is 4. The molecule has 6 nitrogen and oxygen atoms in total. The third-order valence-corrected chi connectivity index (χ3v) is 4.49. The molecule has 0 spiro atoms. The predicted molar refractivity (Wildman–Crippen MR) is 90.1 cm³/mol. The van der Waals surface area contributed by atoms with E-state index in [0.717, 1.165) is 31.0 Å². The minimum absolute atomic E-state index is 0.475. The lowest BCUT2D eigenvalue weighted by Crippen LogP contribution is -2.33. The molecule has 6 heteroatoms. The highest BCUT2D eigenvalue weighted by Crippen LogP contribution is 2.22. The Bertz CT molecular complexity index is 795. The maximum absolute atomic E-state index is 5.41. The first kappa shape index (κ1) is 15.1. The summed E-state index contributed by atoms with van der Waals surface area (Å²) in [5.41, 5.74) is 2.16. The van der Waals surface area contributed by atoms with Gasteiger partial charge in [0.25, 0.3) is 5.89 Å². The Labute approximate surface area is 141 Å². The molecule has 1 aliphatic rings. The molecule has 1 saturated heterocycles. The van der Waals surface area contributed by atoms with E-state index in [1.54, 1.807) is 0 Å². The van der Waals surface area contributed by atoms with Gasteiger partial charge in [0.15, 0.2) is 5.82 Å². The topological polar surface area (TPSA) is 60.0 Å². The van der Waals surface area contributed by atoms with Gasteiger partial charge in [0.1, 0.15) is 0 Å². The van der Waals surface area contributed by atoms with E-state index < -0.39 is 0 Å². The summed E-state index contributed by atoms with van der Waals surface area (Å²) in [5, 5.41) is 8.56. The molecule has 0 bridgehead atoms. The Kier molecular flexibility index (Phi) is 4.13. The van der Waals surface area contributed by atoms with Crippen molar-refractivity contribution in [3.63, 3.8) is 0 Å². The van der Waals surface area contributed by atoms with Crippen LogP contribution in [0.25, 0.3) is 11.5 Å². The molecule has 3 heterocycles. The van der Waals surface area contributed by atoms with Crippen molar-refractivity contribution >= 4 is 0 Å². The average molecular weight is 323 g/mol. The van der Waals surface area contributed by atoms with E-state index in [2.05, 4.69) is 33.3 Å². The smallest absolute Gasteiger partial charge is 0.257 e. The fourth-order valence-electron chi connectivity index (χ4n) is 3.29. The fourth-order valence-corrected chi connectivity index (χ4v) is 3.29. The van der Waals surface area contributed by atoms with Crippen molar-refractivity contribution in [1.82, 2.24) is 24.8 Å². The third kappa shape index (κ3) is 3.23. The highest BCUT2D eigenvalue weighted by molar-refractivity contribution is 5.51. The van der Waals surface area contributed by atoms with Crippen LogP contribution in [0, 0.1) is 6.92 Å². The van der Waals surface area contributed by atoms with Gasteiger partial charge >= 0.3 is 0 Å². The molecule has 1 atom stereocenters. The zero-order valence-corrected chi connectivity index (χ0v) is 13.8. The number of rotatable bonds is 5. The van der Waals surface area contributed by atoms with E-state index in [4.69, 9.17) is 4.52 Å². The summed E-state index contributed by atoms with van der Waals surface area (Å²) in [7, 11) is 0. The molecule has 0 N–H and O–H groups in total. The van der Waals surface area contributed by atoms with Gasteiger partial charge in [0.05, 0.1) is 19.3 Å². The molecule has 3 aromatic rings. The number of benzene rings is 1. The van der Waals surface area contributed by atoms with Gasteiger partial charge in [-0.1, -0.05) is 23.4 Å². The van der Waals surface area contributed by atoms with Crippen LogP contribution >= 0.6 is 0 Å². The first-order valence-corrected chi connectivity index (χ1v) is 8.39. The molecule has 0 amide bonds. The van der Waals surface area contributed by atoms with E-state index in [0.29, 0.717) is 11.9 Å². The van der Waals surface area contributed by atoms with Crippen LogP contribution in [-0.4, -0.2) is 37.4 Å². The standard InChI is InChI=1S/C18H21N5O/c1-14-10-19-23(11-14)12-16-8-5-9-22(16)13-17-20-18(24-21-17)15-6-3-2-4-7-15/h2-4,6-7,10-11,16H,5,8-9,12-13H2,1H3/t16-/m1/s1. The molecular weight excluding hydrogens is 302 g/mol. The predicted octanol–water partition coefficient (Wildman–Crippen LogP) is 2.91. The second-order valence-electron chi connectivity index (χ2n) is 6.39. The highest BCUT2D eigenvalue weighted by atomic mass is 16.5. The third-order valence-electron chi connectivity index (χ3n) is 4.49. The summed E-state index contributed by atoms with van der Waals surface area (Å²) in [6, 6.07) is 10.4. The second-order valence-corrected chi connectivity index (χ2v) is 6.39. The van der Waals surface area contributed by atoms with Gasteiger partial charge in [-0.25, -0.2) is 0 Å². The molecule has 1 aliphatic heterocycles. The summed E-state index contributed by atoms with van der Waals surface area (Å²) >= 11 is 0. The SMILES string of the molecule is Cc1cnn(C[C@H]2CCCN2Cc2noc(-c3ccccc3)n2)c1. The van der Waals surface area contributed by atoms with Crippen molar-refractivity contribution in [3.8, 4) is 11.5 Å². The Morgan fingerprint density at radius 3 is 2.92 bits per heavy atom. The zero-order chi connectivity index (χ0) is 16.4. The van der Waals surface area contributed by atoms with Crippen LogP contribution in [0.3, 0.4) is 0 Å². The van der Waals surface area contributed by atoms with Crippen molar-refractivity contribution in [3.05, 3.63) is 54.1 Å². The Balaban J connectivity index is 1.43. The zero-order valence-electron chi connectivity index (χ0n) is 13.8. The molecule has 0 saturated carbocycles. The number of hydrogen-bond donors (Lipinski definition) is 0. The Morgan fingerprint density at radius 1 is 1.25 bits per heavy atom. The number of aryl methyl sites for hydroxylation is 1. The molecule has 1 aromatic carbocycles. The van der Waals surface area contributed by atoms with Crippen molar-refractivity contribution < 1.29 is 4.52 Å². The van der Waals surface area contributed by atoms with Gasteiger partial charge < -0.3 is 4.52 Å². The molecule has 0 radical (unpaired) electrons. The summed E-state index contributed by atoms with van der Waals surface area (Å²) < 4.78 is 7.44. The summed E-state index contributed by atoms with van der Waals surface area (Å²) in [5.74, 6) is 1.33. The number of hydrogen-bond acceptors (Lipinski definition) is 5. The lowest BCUT2D eigenvalue weighted by Gasteiger charge is -2.22. The first-order valence-electron chi connectivity index (χ1n) is 8.39. The summed E-state index contributed by atoms with van der Waals surface area (Å²) in [4.78, 5) is 6.97. The minimum Gasteiger partial charge on any atom is -0.334 e. The van der Waals surface area contributed by atoms with Crippen molar-refractivity contribution in [2.24, 2.45) is 0 Å². The molecule has 0 aliphatic carbocycles. The van der Waals surface area contributed by atoms with Gasteiger partial charge in [-0.05, 0) is 44.0 Å². The van der Waals surface area contributed by atoms with Crippen LogP contribution in [0.4, 0.5) is 0 Å². The quantitative estimate of drug-likeness (QED) is 0.722. The largest absolute Gasteiger partial charge is 0.334 e. The van der Waals surface area contributed by atoms with E-state index >= 15 is 0 Å². The molecule has 124 valence electrons. The van der Waals surface area contributed by atoms with Gasteiger partial charge in [0, 0.05) is 17.8 Å². The van der Waals surface area contributed by atoms with Crippen molar-refractivity contribution in [2.45, 2.75) is 38.9 Å². The normalized spacial score (nSPS) is 18.3. The van der Waals surface area contributed by atoms with Crippen molar-refractivity contribution in [2.75, 3.05) is 6.54 Å². The van der Waals surface area contributed by atoms with E-state index in [-0.39, 0.29) is 0 Å². The Hall–Kier alpha value is -2.47. The molecule has 1 fully saturated rings. The van der Waals surface area contributed by atoms with Gasteiger partial charge in [0.2, 0.25) is 0 Å². The number of nitrogens with zero attached hydrogens (tertiary/aromatic N) is 5. The average Bonchev–Trinajstić information content (AvgIpc) is 3.32. The summed E-state index contributed by atoms with van der Waals surface area (Å²) in [6.45, 7) is 4.78. The highest BCUT2D eigenvalue weighted by Gasteiger charge is 2.26. The van der Waals surface area contributed by atoms with Gasteiger partial charge in [-0.3, -0.25) is 9.58 Å². The number of likely N-dealkylation sites (tertiary alicyclic amines) is 1.